The topological polar surface area (TPSA) is 29.1 Å². The molecule has 1 rings (SSSR count). The van der Waals surface area contributed by atoms with E-state index < -0.39 is 5.82 Å². The molecular formula is C12H15ClFNO. The molecule has 0 aliphatic rings. The fraction of sp³-hybridized carbons (Fsp3) is 0.417. The molecule has 0 atom stereocenters. The van der Waals surface area contributed by atoms with Crippen molar-refractivity contribution in [2.45, 2.75) is 19.8 Å². The number of rotatable bonds is 6. The molecule has 0 saturated carbocycles. The molecule has 1 aromatic rings. The minimum atomic E-state index is -0.416. The fourth-order valence-corrected chi connectivity index (χ4v) is 1.56. The zero-order valence-corrected chi connectivity index (χ0v) is 9.98. The molecule has 0 radical (unpaired) electrons. The molecule has 0 heterocycles. The summed E-state index contributed by atoms with van der Waals surface area (Å²) in [7, 11) is 0. The first kappa shape index (κ1) is 13.1. The quantitative estimate of drug-likeness (QED) is 0.832. The molecule has 0 saturated heterocycles. The lowest BCUT2D eigenvalue weighted by atomic mass is 10.1. The average molecular weight is 244 g/mol. The Balaban J connectivity index is 2.48. The minimum Gasteiger partial charge on any atom is -0.310 e. The molecule has 1 N–H and O–H groups in total. The van der Waals surface area contributed by atoms with Gasteiger partial charge in [0.25, 0.3) is 0 Å². The molecule has 1 aromatic carbocycles. The maximum Gasteiger partial charge on any atom is 0.146 e. The van der Waals surface area contributed by atoms with Crippen molar-refractivity contribution in [2.24, 2.45) is 0 Å². The van der Waals surface area contributed by atoms with Crippen LogP contribution in [-0.4, -0.2) is 18.9 Å². The summed E-state index contributed by atoms with van der Waals surface area (Å²) < 4.78 is 13.4. The van der Waals surface area contributed by atoms with Crippen LogP contribution in [0.15, 0.2) is 18.2 Å². The summed E-state index contributed by atoms with van der Waals surface area (Å²) in [6, 6.07) is 4.85. The fourth-order valence-electron chi connectivity index (χ4n) is 1.37. The summed E-state index contributed by atoms with van der Waals surface area (Å²) in [5.41, 5.74) is 0.498. The van der Waals surface area contributed by atoms with Crippen molar-refractivity contribution < 1.29 is 9.18 Å². The lowest BCUT2D eigenvalue weighted by Crippen LogP contribution is -2.22. The van der Waals surface area contributed by atoms with Crippen LogP contribution in [0.4, 0.5) is 4.39 Å². The molecule has 0 aliphatic carbocycles. The standard InChI is InChI=1S/C12H15ClFNO/c1-2-15-8-10(16)7-6-9-4-3-5-11(13)12(9)14/h3-5,15H,2,6-8H2,1H3. The van der Waals surface area contributed by atoms with E-state index in [1.54, 1.807) is 12.1 Å². The highest BCUT2D eigenvalue weighted by Crippen LogP contribution is 2.18. The van der Waals surface area contributed by atoms with Gasteiger partial charge < -0.3 is 5.32 Å². The van der Waals surface area contributed by atoms with Crippen LogP contribution in [0.1, 0.15) is 18.9 Å². The second kappa shape index (κ2) is 6.61. The largest absolute Gasteiger partial charge is 0.310 e. The molecule has 0 spiro atoms. The van der Waals surface area contributed by atoms with Crippen LogP contribution in [0.25, 0.3) is 0 Å². The SMILES string of the molecule is CCNCC(=O)CCc1cccc(Cl)c1F. The molecule has 2 nitrogen and oxygen atoms in total. The molecular weight excluding hydrogens is 229 g/mol. The number of Topliss-reactive ketones (excluding diaryl/α,β-unsaturated/α-hetero) is 1. The first-order valence-electron chi connectivity index (χ1n) is 5.30. The van der Waals surface area contributed by atoms with E-state index in [0.29, 0.717) is 24.9 Å². The van der Waals surface area contributed by atoms with Gasteiger partial charge in [0, 0.05) is 6.42 Å². The van der Waals surface area contributed by atoms with E-state index in [4.69, 9.17) is 11.6 Å². The molecule has 0 fully saturated rings. The second-order valence-corrected chi connectivity index (χ2v) is 3.94. The molecule has 88 valence electrons. The maximum atomic E-state index is 13.4. The number of halogens is 2. The van der Waals surface area contributed by atoms with Crippen LogP contribution in [0.5, 0.6) is 0 Å². The first-order valence-corrected chi connectivity index (χ1v) is 5.68. The van der Waals surface area contributed by atoms with Gasteiger partial charge in [-0.05, 0) is 24.6 Å². The first-order chi connectivity index (χ1) is 7.65. The van der Waals surface area contributed by atoms with E-state index in [-0.39, 0.29) is 10.8 Å². The lowest BCUT2D eigenvalue weighted by Gasteiger charge is -2.04. The number of carbonyl (C=O) groups is 1. The molecule has 0 unspecified atom stereocenters. The van der Waals surface area contributed by atoms with Crippen molar-refractivity contribution in [3.05, 3.63) is 34.6 Å². The summed E-state index contributed by atoms with van der Waals surface area (Å²) in [5.74, 6) is -0.332. The van der Waals surface area contributed by atoms with E-state index in [0.717, 1.165) is 6.54 Å². The van der Waals surface area contributed by atoms with Gasteiger partial charge in [-0.2, -0.15) is 0 Å². The maximum absolute atomic E-state index is 13.4. The summed E-state index contributed by atoms with van der Waals surface area (Å²) in [6.45, 7) is 3.04. The molecule has 16 heavy (non-hydrogen) atoms. The summed E-state index contributed by atoms with van der Waals surface area (Å²) in [4.78, 5) is 11.4. The Bertz CT molecular complexity index is 368. The van der Waals surface area contributed by atoms with Crippen molar-refractivity contribution >= 4 is 17.4 Å². The van der Waals surface area contributed by atoms with Gasteiger partial charge in [0.05, 0.1) is 11.6 Å². The van der Waals surface area contributed by atoms with E-state index >= 15 is 0 Å². The van der Waals surface area contributed by atoms with Crippen molar-refractivity contribution in [2.75, 3.05) is 13.1 Å². The molecule has 0 aliphatic heterocycles. The van der Waals surface area contributed by atoms with Crippen LogP contribution in [-0.2, 0) is 11.2 Å². The van der Waals surface area contributed by atoms with Crippen molar-refractivity contribution in [1.29, 1.82) is 0 Å². The number of nitrogens with one attached hydrogen (secondary N) is 1. The second-order valence-electron chi connectivity index (χ2n) is 3.53. The molecule has 4 heteroatoms. The number of hydrogen-bond acceptors (Lipinski definition) is 2. The minimum absolute atomic E-state index is 0.0845. The lowest BCUT2D eigenvalue weighted by molar-refractivity contribution is -0.118. The summed E-state index contributed by atoms with van der Waals surface area (Å²) in [5, 5.41) is 3.05. The third-order valence-corrected chi connectivity index (χ3v) is 2.57. The van der Waals surface area contributed by atoms with Crippen molar-refractivity contribution in [3.63, 3.8) is 0 Å². The number of ketones is 1. The highest BCUT2D eigenvalue weighted by atomic mass is 35.5. The van der Waals surface area contributed by atoms with Gasteiger partial charge in [-0.15, -0.1) is 0 Å². The van der Waals surface area contributed by atoms with E-state index in [9.17, 15) is 9.18 Å². The van der Waals surface area contributed by atoms with Gasteiger partial charge in [-0.3, -0.25) is 4.79 Å². The Hall–Kier alpha value is -0.930. The number of hydrogen-bond donors (Lipinski definition) is 1. The third-order valence-electron chi connectivity index (χ3n) is 2.28. The predicted octanol–water partition coefficient (Wildman–Crippen LogP) is 2.59. The van der Waals surface area contributed by atoms with E-state index in [2.05, 4.69) is 5.32 Å². The van der Waals surface area contributed by atoms with Crippen molar-refractivity contribution in [3.8, 4) is 0 Å². The van der Waals surface area contributed by atoms with Gasteiger partial charge in [-0.1, -0.05) is 30.7 Å². The van der Waals surface area contributed by atoms with Gasteiger partial charge in [0.1, 0.15) is 11.6 Å². The summed E-state index contributed by atoms with van der Waals surface area (Å²) in [6.07, 6.45) is 0.737. The van der Waals surface area contributed by atoms with Crippen LogP contribution in [0, 0.1) is 5.82 Å². The number of benzene rings is 1. The highest BCUT2D eigenvalue weighted by molar-refractivity contribution is 6.30. The third kappa shape index (κ3) is 3.91. The van der Waals surface area contributed by atoms with Crippen LogP contribution < -0.4 is 5.32 Å². The van der Waals surface area contributed by atoms with Crippen LogP contribution >= 0.6 is 11.6 Å². The Morgan fingerprint density at radius 3 is 2.94 bits per heavy atom. The number of likely N-dealkylation sites (N-methyl/N-ethyl adjacent to an activating group) is 1. The van der Waals surface area contributed by atoms with E-state index in [1.807, 2.05) is 6.92 Å². The smallest absolute Gasteiger partial charge is 0.146 e. The van der Waals surface area contributed by atoms with Crippen LogP contribution in [0.3, 0.4) is 0 Å². The Labute approximate surface area is 99.8 Å². The monoisotopic (exact) mass is 243 g/mol. The molecule has 0 aromatic heterocycles. The number of aryl methyl sites for hydroxylation is 1. The summed E-state index contributed by atoms with van der Waals surface area (Å²) >= 11 is 5.64. The average Bonchev–Trinajstić information content (AvgIpc) is 2.28. The normalized spacial score (nSPS) is 10.4. The zero-order chi connectivity index (χ0) is 12.0. The van der Waals surface area contributed by atoms with Gasteiger partial charge in [0.15, 0.2) is 0 Å². The molecule has 0 bridgehead atoms. The Kier molecular flexibility index (Phi) is 5.43. The predicted molar refractivity (Wildman–Crippen MR) is 63.3 cm³/mol. The van der Waals surface area contributed by atoms with E-state index in [1.165, 1.54) is 6.07 Å². The number of carbonyl (C=O) groups excluding carboxylic acids is 1. The zero-order valence-electron chi connectivity index (χ0n) is 9.22. The van der Waals surface area contributed by atoms with Gasteiger partial charge >= 0.3 is 0 Å². The van der Waals surface area contributed by atoms with Gasteiger partial charge in [-0.25, -0.2) is 4.39 Å². The Morgan fingerprint density at radius 1 is 1.50 bits per heavy atom. The van der Waals surface area contributed by atoms with Crippen molar-refractivity contribution in [1.82, 2.24) is 5.32 Å². The van der Waals surface area contributed by atoms with Gasteiger partial charge in [0.2, 0.25) is 0 Å². The molecule has 0 amide bonds. The van der Waals surface area contributed by atoms with Crippen LogP contribution in [0.2, 0.25) is 5.02 Å². The Morgan fingerprint density at radius 2 is 2.25 bits per heavy atom. The highest BCUT2D eigenvalue weighted by Gasteiger charge is 2.08.